The van der Waals surface area contributed by atoms with Crippen LogP contribution in [0.4, 0.5) is 0 Å². The summed E-state index contributed by atoms with van der Waals surface area (Å²) in [4.78, 5) is 4.19. The molecule has 0 amide bonds. The molecule has 0 fully saturated rings. The summed E-state index contributed by atoms with van der Waals surface area (Å²) in [5.41, 5.74) is 6.76. The fourth-order valence-corrected chi connectivity index (χ4v) is 2.58. The van der Waals surface area contributed by atoms with E-state index in [0.29, 0.717) is 16.4 Å². The average Bonchev–Trinajstić information content (AvgIpc) is 2.98. The molecule has 0 aliphatic carbocycles. The van der Waals surface area contributed by atoms with Crippen molar-refractivity contribution in [3.63, 3.8) is 0 Å². The maximum Gasteiger partial charge on any atom is 0.152 e. The van der Waals surface area contributed by atoms with Crippen molar-refractivity contribution in [2.45, 2.75) is 6.04 Å². The molecular formula is C12H9ClN2OS. The van der Waals surface area contributed by atoms with Crippen LogP contribution in [-0.4, -0.2) is 4.98 Å². The van der Waals surface area contributed by atoms with E-state index in [9.17, 15) is 0 Å². The van der Waals surface area contributed by atoms with Crippen molar-refractivity contribution in [2.75, 3.05) is 0 Å². The van der Waals surface area contributed by atoms with Crippen molar-refractivity contribution in [1.29, 1.82) is 0 Å². The number of halogens is 1. The number of nitrogens with two attached hydrogens (primary N) is 1. The molecule has 2 N–H and O–H groups in total. The van der Waals surface area contributed by atoms with Crippen LogP contribution >= 0.6 is 22.9 Å². The van der Waals surface area contributed by atoms with Crippen LogP contribution < -0.4 is 5.73 Å². The minimum Gasteiger partial charge on any atom is -0.457 e. The number of nitrogens with zero attached hydrogens (tertiary/aromatic N) is 1. The highest BCUT2D eigenvalue weighted by Crippen LogP contribution is 2.31. The van der Waals surface area contributed by atoms with Crippen molar-refractivity contribution in [2.24, 2.45) is 5.73 Å². The molecule has 0 saturated heterocycles. The summed E-state index contributed by atoms with van der Waals surface area (Å²) in [6.45, 7) is 0. The quantitative estimate of drug-likeness (QED) is 0.770. The Balaban J connectivity index is 2.10. The molecule has 0 saturated carbocycles. The van der Waals surface area contributed by atoms with E-state index in [4.69, 9.17) is 21.8 Å². The molecule has 1 aromatic carbocycles. The second kappa shape index (κ2) is 4.14. The third kappa shape index (κ3) is 1.84. The van der Waals surface area contributed by atoms with Gasteiger partial charge in [0.05, 0.1) is 5.02 Å². The summed E-state index contributed by atoms with van der Waals surface area (Å²) in [6.07, 6.45) is 1.73. The molecule has 3 aromatic rings. The Morgan fingerprint density at radius 1 is 1.41 bits per heavy atom. The summed E-state index contributed by atoms with van der Waals surface area (Å²) in [5, 5.41) is 4.28. The van der Waals surface area contributed by atoms with Crippen LogP contribution in [0.5, 0.6) is 0 Å². The summed E-state index contributed by atoms with van der Waals surface area (Å²) in [7, 11) is 0. The van der Waals surface area contributed by atoms with Gasteiger partial charge in [-0.2, -0.15) is 0 Å². The first-order chi connectivity index (χ1) is 8.25. The van der Waals surface area contributed by atoms with Crippen LogP contribution in [0.1, 0.15) is 16.8 Å². The summed E-state index contributed by atoms with van der Waals surface area (Å²) in [5.74, 6) is 0.683. The van der Waals surface area contributed by atoms with E-state index in [1.807, 2.05) is 23.6 Å². The van der Waals surface area contributed by atoms with Gasteiger partial charge in [0, 0.05) is 17.0 Å². The minimum absolute atomic E-state index is 0.335. The molecule has 0 bridgehead atoms. The maximum atomic E-state index is 6.09. The highest BCUT2D eigenvalue weighted by atomic mass is 35.5. The number of furan rings is 1. The second-order valence-electron chi connectivity index (χ2n) is 3.65. The number of fused-ring (bicyclic) bond motifs is 1. The fourth-order valence-electron chi connectivity index (χ4n) is 1.71. The topological polar surface area (TPSA) is 52.0 Å². The van der Waals surface area contributed by atoms with E-state index < -0.39 is 0 Å². The molecule has 86 valence electrons. The van der Waals surface area contributed by atoms with Gasteiger partial charge in [0.25, 0.3) is 0 Å². The van der Waals surface area contributed by atoms with Crippen LogP contribution in [0.3, 0.4) is 0 Å². The van der Waals surface area contributed by atoms with Crippen LogP contribution in [0, 0.1) is 0 Å². The zero-order chi connectivity index (χ0) is 11.8. The van der Waals surface area contributed by atoms with Crippen molar-refractivity contribution < 1.29 is 4.42 Å². The molecular weight excluding hydrogens is 256 g/mol. The van der Waals surface area contributed by atoms with Crippen LogP contribution in [0.2, 0.25) is 5.02 Å². The number of thiazole rings is 1. The molecule has 1 unspecified atom stereocenters. The number of aromatic nitrogens is 1. The van der Waals surface area contributed by atoms with Gasteiger partial charge >= 0.3 is 0 Å². The van der Waals surface area contributed by atoms with E-state index in [0.717, 1.165) is 10.4 Å². The van der Waals surface area contributed by atoms with Crippen molar-refractivity contribution in [3.05, 3.63) is 51.6 Å². The predicted octanol–water partition coefficient (Wildman–Crippen LogP) is 3.59. The van der Waals surface area contributed by atoms with E-state index in [-0.39, 0.29) is 6.04 Å². The Labute approximate surface area is 107 Å². The zero-order valence-electron chi connectivity index (χ0n) is 8.76. The van der Waals surface area contributed by atoms with Gasteiger partial charge in [0.2, 0.25) is 0 Å². The number of para-hydroxylation sites is 1. The SMILES string of the molecule is NC(c1cc2cccc(Cl)c2o1)c1nccs1. The van der Waals surface area contributed by atoms with E-state index in [2.05, 4.69) is 4.98 Å². The summed E-state index contributed by atoms with van der Waals surface area (Å²) < 4.78 is 5.69. The molecule has 0 aliphatic rings. The number of hydrogen-bond donors (Lipinski definition) is 1. The Bertz CT molecular complexity index is 648. The first-order valence-electron chi connectivity index (χ1n) is 5.08. The molecule has 0 radical (unpaired) electrons. The van der Waals surface area contributed by atoms with Crippen molar-refractivity contribution in [3.8, 4) is 0 Å². The zero-order valence-corrected chi connectivity index (χ0v) is 10.3. The molecule has 0 spiro atoms. The molecule has 3 rings (SSSR count). The van der Waals surface area contributed by atoms with Crippen molar-refractivity contribution >= 4 is 33.9 Å². The molecule has 1 atom stereocenters. The van der Waals surface area contributed by atoms with Gasteiger partial charge in [0.1, 0.15) is 16.8 Å². The van der Waals surface area contributed by atoms with Crippen LogP contribution in [0.15, 0.2) is 40.3 Å². The predicted molar refractivity (Wildman–Crippen MR) is 69.4 cm³/mol. The molecule has 0 aliphatic heterocycles. The lowest BCUT2D eigenvalue weighted by atomic mass is 10.2. The Kier molecular flexibility index (Phi) is 2.63. The molecule has 2 heterocycles. The summed E-state index contributed by atoms with van der Waals surface area (Å²) in [6, 6.07) is 7.21. The normalized spacial score (nSPS) is 13.1. The number of hydrogen-bond acceptors (Lipinski definition) is 4. The third-order valence-electron chi connectivity index (χ3n) is 2.54. The lowest BCUT2D eigenvalue weighted by Gasteiger charge is -2.03. The fraction of sp³-hybridized carbons (Fsp3) is 0.0833. The van der Waals surface area contributed by atoms with Gasteiger partial charge in [-0.25, -0.2) is 4.98 Å². The Morgan fingerprint density at radius 2 is 2.29 bits per heavy atom. The van der Waals surface area contributed by atoms with Gasteiger partial charge in [-0.1, -0.05) is 23.7 Å². The van der Waals surface area contributed by atoms with Gasteiger partial charge in [-0.15, -0.1) is 11.3 Å². The van der Waals surface area contributed by atoms with Gasteiger partial charge in [-0.3, -0.25) is 0 Å². The first-order valence-corrected chi connectivity index (χ1v) is 6.34. The second-order valence-corrected chi connectivity index (χ2v) is 4.99. The molecule has 3 nitrogen and oxygen atoms in total. The largest absolute Gasteiger partial charge is 0.457 e. The first kappa shape index (κ1) is 10.8. The maximum absolute atomic E-state index is 6.09. The lowest BCUT2D eigenvalue weighted by Crippen LogP contribution is -2.10. The number of benzene rings is 1. The number of rotatable bonds is 2. The Hall–Kier alpha value is -1.36. The van der Waals surface area contributed by atoms with Crippen LogP contribution in [0.25, 0.3) is 11.0 Å². The van der Waals surface area contributed by atoms with Gasteiger partial charge < -0.3 is 10.2 Å². The van der Waals surface area contributed by atoms with Gasteiger partial charge in [0.15, 0.2) is 5.58 Å². The lowest BCUT2D eigenvalue weighted by molar-refractivity contribution is 0.524. The van der Waals surface area contributed by atoms with Crippen molar-refractivity contribution in [1.82, 2.24) is 4.98 Å². The van der Waals surface area contributed by atoms with E-state index in [1.165, 1.54) is 11.3 Å². The smallest absolute Gasteiger partial charge is 0.152 e. The highest BCUT2D eigenvalue weighted by molar-refractivity contribution is 7.09. The van der Waals surface area contributed by atoms with E-state index in [1.54, 1.807) is 12.3 Å². The monoisotopic (exact) mass is 264 g/mol. The highest BCUT2D eigenvalue weighted by Gasteiger charge is 2.17. The minimum atomic E-state index is -0.335. The molecule has 17 heavy (non-hydrogen) atoms. The van der Waals surface area contributed by atoms with Crippen LogP contribution in [-0.2, 0) is 0 Å². The third-order valence-corrected chi connectivity index (χ3v) is 3.70. The summed E-state index contributed by atoms with van der Waals surface area (Å²) >= 11 is 7.56. The standard InChI is InChI=1S/C12H9ClN2OS/c13-8-3-1-2-7-6-9(16-11(7)8)10(14)12-15-4-5-17-12/h1-6,10H,14H2. The average molecular weight is 265 g/mol. The Morgan fingerprint density at radius 3 is 3.00 bits per heavy atom. The van der Waals surface area contributed by atoms with Gasteiger partial charge in [-0.05, 0) is 12.1 Å². The van der Waals surface area contributed by atoms with E-state index >= 15 is 0 Å². The molecule has 5 heteroatoms. The molecule has 2 aromatic heterocycles.